The predicted octanol–water partition coefficient (Wildman–Crippen LogP) is 2.72. The van der Waals surface area contributed by atoms with Gasteiger partial charge in [0.2, 0.25) is 0 Å². The van der Waals surface area contributed by atoms with Crippen LogP contribution in [0.25, 0.3) is 0 Å². The number of amidine groups is 1. The van der Waals surface area contributed by atoms with Gasteiger partial charge in [-0.15, -0.1) is 0 Å². The monoisotopic (exact) mass is 272 g/mol. The first kappa shape index (κ1) is 13.9. The van der Waals surface area contributed by atoms with E-state index in [2.05, 4.69) is 5.16 Å². The van der Waals surface area contributed by atoms with Gasteiger partial charge in [-0.1, -0.05) is 17.3 Å². The number of hydrogen-bond acceptors (Lipinski definition) is 4. The van der Waals surface area contributed by atoms with Crippen LogP contribution in [0.2, 0.25) is 0 Å². The Bertz CT molecular complexity index is 594. The van der Waals surface area contributed by atoms with E-state index in [1.165, 1.54) is 0 Å². The minimum atomic E-state index is 0.0682. The molecule has 0 aliphatic heterocycles. The van der Waals surface area contributed by atoms with Crippen LogP contribution in [0.4, 0.5) is 0 Å². The van der Waals surface area contributed by atoms with E-state index in [1.807, 2.05) is 24.3 Å². The molecule has 0 aliphatic rings. The molecule has 2 rings (SSSR count). The van der Waals surface area contributed by atoms with Crippen molar-refractivity contribution in [3.63, 3.8) is 0 Å². The molecular formula is C15H16N2O3. The second-order valence-electron chi connectivity index (χ2n) is 4.19. The van der Waals surface area contributed by atoms with Crippen molar-refractivity contribution < 1.29 is 14.7 Å². The molecule has 0 aliphatic carbocycles. The zero-order chi connectivity index (χ0) is 14.4. The molecule has 0 saturated heterocycles. The minimum Gasteiger partial charge on any atom is -0.457 e. The van der Waals surface area contributed by atoms with Crippen LogP contribution in [0, 0.1) is 0 Å². The summed E-state index contributed by atoms with van der Waals surface area (Å²) in [4.78, 5) is 0. The van der Waals surface area contributed by atoms with Crippen molar-refractivity contribution in [2.45, 2.75) is 6.61 Å². The van der Waals surface area contributed by atoms with Crippen LogP contribution in [0.5, 0.6) is 11.5 Å². The first-order valence-corrected chi connectivity index (χ1v) is 6.06. The number of oxime groups is 1. The van der Waals surface area contributed by atoms with Crippen LogP contribution >= 0.6 is 0 Å². The third kappa shape index (κ3) is 3.49. The third-order valence-electron chi connectivity index (χ3n) is 2.70. The summed E-state index contributed by atoms with van der Waals surface area (Å²) in [6, 6.07) is 14.6. The Balaban J connectivity index is 2.12. The third-order valence-corrected chi connectivity index (χ3v) is 2.70. The molecule has 0 amide bonds. The molecule has 5 nitrogen and oxygen atoms in total. The smallest absolute Gasteiger partial charge is 0.170 e. The lowest BCUT2D eigenvalue weighted by atomic mass is 10.2. The van der Waals surface area contributed by atoms with Gasteiger partial charge in [-0.2, -0.15) is 0 Å². The second-order valence-corrected chi connectivity index (χ2v) is 4.19. The number of benzene rings is 2. The Morgan fingerprint density at radius 2 is 1.90 bits per heavy atom. The quantitative estimate of drug-likeness (QED) is 0.380. The van der Waals surface area contributed by atoms with Crippen LogP contribution < -0.4 is 10.5 Å². The SMILES string of the molecule is COCc1cccc(Oc2ccc(C(N)=NO)cc2)c1. The molecule has 0 fully saturated rings. The van der Waals surface area contributed by atoms with Crippen molar-refractivity contribution in [2.24, 2.45) is 10.9 Å². The first-order chi connectivity index (χ1) is 9.72. The van der Waals surface area contributed by atoms with Crippen LogP contribution in [-0.4, -0.2) is 18.2 Å². The normalized spacial score (nSPS) is 11.3. The van der Waals surface area contributed by atoms with Gasteiger partial charge in [-0.05, 0) is 42.0 Å². The van der Waals surface area contributed by atoms with Gasteiger partial charge in [0, 0.05) is 12.7 Å². The fourth-order valence-corrected chi connectivity index (χ4v) is 1.75. The molecule has 0 atom stereocenters. The van der Waals surface area contributed by atoms with Crippen molar-refractivity contribution in [1.82, 2.24) is 0 Å². The van der Waals surface area contributed by atoms with E-state index in [9.17, 15) is 0 Å². The molecule has 0 radical (unpaired) electrons. The van der Waals surface area contributed by atoms with E-state index in [4.69, 9.17) is 20.4 Å². The molecule has 0 spiro atoms. The highest BCUT2D eigenvalue weighted by Gasteiger charge is 2.02. The molecule has 104 valence electrons. The van der Waals surface area contributed by atoms with Gasteiger partial charge in [0.25, 0.3) is 0 Å². The number of rotatable bonds is 5. The van der Waals surface area contributed by atoms with Gasteiger partial charge in [-0.3, -0.25) is 0 Å². The van der Waals surface area contributed by atoms with Gasteiger partial charge in [-0.25, -0.2) is 0 Å². The molecule has 2 aromatic carbocycles. The second kappa shape index (κ2) is 6.58. The van der Waals surface area contributed by atoms with Gasteiger partial charge in [0.15, 0.2) is 5.84 Å². The molecule has 0 aromatic heterocycles. The van der Waals surface area contributed by atoms with E-state index >= 15 is 0 Å². The lowest BCUT2D eigenvalue weighted by Crippen LogP contribution is -2.12. The molecule has 0 heterocycles. The zero-order valence-corrected chi connectivity index (χ0v) is 11.1. The Morgan fingerprint density at radius 1 is 1.15 bits per heavy atom. The molecule has 0 unspecified atom stereocenters. The van der Waals surface area contributed by atoms with Crippen LogP contribution in [-0.2, 0) is 11.3 Å². The highest BCUT2D eigenvalue weighted by molar-refractivity contribution is 5.97. The van der Waals surface area contributed by atoms with E-state index in [0.29, 0.717) is 17.9 Å². The molecule has 2 aromatic rings. The number of nitrogens with two attached hydrogens (primary N) is 1. The van der Waals surface area contributed by atoms with Crippen molar-refractivity contribution >= 4 is 5.84 Å². The molecule has 0 bridgehead atoms. The number of methoxy groups -OCH3 is 1. The number of ether oxygens (including phenoxy) is 2. The largest absolute Gasteiger partial charge is 0.457 e. The van der Waals surface area contributed by atoms with Gasteiger partial charge >= 0.3 is 0 Å². The molecular weight excluding hydrogens is 256 g/mol. The molecule has 0 saturated carbocycles. The molecule has 5 heteroatoms. The van der Waals surface area contributed by atoms with Crippen LogP contribution in [0.1, 0.15) is 11.1 Å². The zero-order valence-electron chi connectivity index (χ0n) is 11.1. The summed E-state index contributed by atoms with van der Waals surface area (Å²) < 4.78 is 10.8. The Morgan fingerprint density at radius 3 is 2.55 bits per heavy atom. The average molecular weight is 272 g/mol. The van der Waals surface area contributed by atoms with E-state index < -0.39 is 0 Å². The van der Waals surface area contributed by atoms with E-state index in [-0.39, 0.29) is 5.84 Å². The summed E-state index contributed by atoms with van der Waals surface area (Å²) >= 11 is 0. The van der Waals surface area contributed by atoms with Gasteiger partial charge in [0.1, 0.15) is 11.5 Å². The number of nitrogens with zero attached hydrogens (tertiary/aromatic N) is 1. The summed E-state index contributed by atoms with van der Waals surface area (Å²) in [6.07, 6.45) is 0. The van der Waals surface area contributed by atoms with Gasteiger partial charge in [0.05, 0.1) is 6.61 Å². The predicted molar refractivity (Wildman–Crippen MR) is 76.2 cm³/mol. The van der Waals surface area contributed by atoms with E-state index in [0.717, 1.165) is 11.3 Å². The minimum absolute atomic E-state index is 0.0682. The summed E-state index contributed by atoms with van der Waals surface area (Å²) in [5, 5.41) is 11.5. The fraction of sp³-hybridized carbons (Fsp3) is 0.133. The van der Waals surface area contributed by atoms with Crippen molar-refractivity contribution in [3.8, 4) is 11.5 Å². The topological polar surface area (TPSA) is 77.1 Å². The highest BCUT2D eigenvalue weighted by atomic mass is 16.5. The van der Waals surface area contributed by atoms with Crippen molar-refractivity contribution in [1.29, 1.82) is 0 Å². The highest BCUT2D eigenvalue weighted by Crippen LogP contribution is 2.22. The maximum atomic E-state index is 8.59. The van der Waals surface area contributed by atoms with Crippen molar-refractivity contribution in [2.75, 3.05) is 7.11 Å². The Kier molecular flexibility index (Phi) is 4.57. The summed E-state index contributed by atoms with van der Waals surface area (Å²) in [5.74, 6) is 1.48. The average Bonchev–Trinajstić information content (AvgIpc) is 2.48. The van der Waals surface area contributed by atoms with Gasteiger partial charge < -0.3 is 20.4 Å². The number of hydrogen-bond donors (Lipinski definition) is 2. The maximum Gasteiger partial charge on any atom is 0.170 e. The maximum absolute atomic E-state index is 8.59. The summed E-state index contributed by atoms with van der Waals surface area (Å²) in [7, 11) is 1.65. The lowest BCUT2D eigenvalue weighted by Gasteiger charge is -2.08. The summed E-state index contributed by atoms with van der Waals surface area (Å²) in [6.45, 7) is 0.541. The molecule has 20 heavy (non-hydrogen) atoms. The first-order valence-electron chi connectivity index (χ1n) is 6.06. The van der Waals surface area contributed by atoms with Crippen LogP contribution in [0.3, 0.4) is 0 Å². The fourth-order valence-electron chi connectivity index (χ4n) is 1.75. The Hall–Kier alpha value is -2.53. The Labute approximate surface area is 117 Å². The lowest BCUT2D eigenvalue weighted by molar-refractivity contribution is 0.184. The summed E-state index contributed by atoms with van der Waals surface area (Å²) in [5.41, 5.74) is 7.17. The standard InChI is InChI=1S/C15H16N2O3/c1-19-10-11-3-2-4-14(9-11)20-13-7-5-12(6-8-13)15(16)17-18/h2-9,18H,10H2,1H3,(H2,16,17). The molecule has 3 N–H and O–H groups in total. The van der Waals surface area contributed by atoms with E-state index in [1.54, 1.807) is 31.4 Å². The van der Waals surface area contributed by atoms with Crippen molar-refractivity contribution in [3.05, 3.63) is 59.7 Å². The van der Waals surface area contributed by atoms with Crippen LogP contribution in [0.15, 0.2) is 53.7 Å².